The van der Waals surface area contributed by atoms with E-state index in [4.69, 9.17) is 0 Å². The van der Waals surface area contributed by atoms with E-state index in [9.17, 15) is 4.79 Å². The van der Waals surface area contributed by atoms with Gasteiger partial charge in [0.15, 0.2) is 5.65 Å². The van der Waals surface area contributed by atoms with Crippen LogP contribution in [0.2, 0.25) is 0 Å². The summed E-state index contributed by atoms with van der Waals surface area (Å²) in [6.07, 6.45) is 1.66. The second-order valence-electron chi connectivity index (χ2n) is 5.79. The SMILES string of the molecule is Cc1nn(C)c2ncc(C(=O)N3CCNC(C)C3C)cc12.Cl.Cl. The van der Waals surface area contributed by atoms with Gasteiger partial charge in [-0.05, 0) is 26.8 Å². The van der Waals surface area contributed by atoms with Crippen LogP contribution in [0, 0.1) is 6.92 Å². The predicted molar refractivity (Wildman–Crippen MR) is 95.7 cm³/mol. The number of fused-ring (bicyclic) bond motifs is 1. The lowest BCUT2D eigenvalue weighted by molar-refractivity contribution is 0.0602. The van der Waals surface area contributed by atoms with Crippen molar-refractivity contribution < 1.29 is 4.79 Å². The molecule has 6 nitrogen and oxygen atoms in total. The first-order chi connectivity index (χ1) is 9.99. The summed E-state index contributed by atoms with van der Waals surface area (Å²) in [6, 6.07) is 2.39. The Balaban J connectivity index is 0.00000132. The lowest BCUT2D eigenvalue weighted by Crippen LogP contribution is -2.57. The molecule has 1 N–H and O–H groups in total. The number of pyridine rings is 1. The Morgan fingerprint density at radius 2 is 2.04 bits per heavy atom. The van der Waals surface area contributed by atoms with Gasteiger partial charge in [0, 0.05) is 43.8 Å². The molecule has 23 heavy (non-hydrogen) atoms. The molecule has 1 fully saturated rings. The van der Waals surface area contributed by atoms with Crippen molar-refractivity contribution in [2.75, 3.05) is 13.1 Å². The predicted octanol–water partition coefficient (Wildman–Crippen LogP) is 1.94. The van der Waals surface area contributed by atoms with Crippen molar-refractivity contribution in [1.82, 2.24) is 25.0 Å². The van der Waals surface area contributed by atoms with Gasteiger partial charge in [0.05, 0.1) is 11.3 Å². The highest BCUT2D eigenvalue weighted by molar-refractivity contribution is 5.97. The number of nitrogens with one attached hydrogen (secondary N) is 1. The number of amides is 1. The number of aryl methyl sites for hydroxylation is 2. The molecule has 3 rings (SSSR count). The van der Waals surface area contributed by atoms with Crippen LogP contribution in [0.3, 0.4) is 0 Å². The van der Waals surface area contributed by atoms with Crippen LogP contribution in [0.15, 0.2) is 12.3 Å². The van der Waals surface area contributed by atoms with E-state index >= 15 is 0 Å². The fraction of sp³-hybridized carbons (Fsp3) is 0.533. The van der Waals surface area contributed by atoms with E-state index in [1.807, 2.05) is 24.9 Å². The minimum atomic E-state index is 0. The number of carbonyl (C=O) groups is 1. The lowest BCUT2D eigenvalue weighted by atomic mass is 10.1. The maximum absolute atomic E-state index is 12.7. The van der Waals surface area contributed by atoms with Gasteiger partial charge in [-0.3, -0.25) is 9.48 Å². The van der Waals surface area contributed by atoms with Crippen molar-refractivity contribution in [2.45, 2.75) is 32.9 Å². The Kier molecular flexibility index (Phi) is 6.39. The summed E-state index contributed by atoms with van der Waals surface area (Å²) in [6.45, 7) is 7.69. The fourth-order valence-electron chi connectivity index (χ4n) is 2.93. The standard InChI is InChI=1S/C15H21N5O.2ClH/c1-9-11(3)20(6-5-16-9)15(21)12-7-13-10(2)18-19(4)14(13)17-8-12;;/h7-9,11,16H,5-6H2,1-4H3;2*1H. The molecule has 0 spiro atoms. The maximum Gasteiger partial charge on any atom is 0.255 e. The molecule has 2 aromatic rings. The van der Waals surface area contributed by atoms with Crippen molar-refractivity contribution in [1.29, 1.82) is 0 Å². The van der Waals surface area contributed by atoms with Gasteiger partial charge in [0.1, 0.15) is 0 Å². The number of aromatic nitrogens is 3. The summed E-state index contributed by atoms with van der Waals surface area (Å²) in [5.41, 5.74) is 2.35. The molecule has 1 aliphatic heterocycles. The van der Waals surface area contributed by atoms with Crippen molar-refractivity contribution >= 4 is 41.8 Å². The number of rotatable bonds is 1. The maximum atomic E-state index is 12.7. The van der Waals surface area contributed by atoms with Crippen LogP contribution in [-0.4, -0.2) is 50.7 Å². The monoisotopic (exact) mass is 359 g/mol. The Labute approximate surface area is 148 Å². The van der Waals surface area contributed by atoms with Crippen LogP contribution >= 0.6 is 24.8 Å². The van der Waals surface area contributed by atoms with Crippen LogP contribution in [0.5, 0.6) is 0 Å². The van der Waals surface area contributed by atoms with Gasteiger partial charge in [0.25, 0.3) is 5.91 Å². The van der Waals surface area contributed by atoms with Gasteiger partial charge >= 0.3 is 0 Å². The highest BCUT2D eigenvalue weighted by Gasteiger charge is 2.29. The van der Waals surface area contributed by atoms with Crippen LogP contribution < -0.4 is 5.32 Å². The van der Waals surface area contributed by atoms with E-state index in [0.717, 1.165) is 29.8 Å². The number of halogens is 2. The zero-order valence-electron chi connectivity index (χ0n) is 13.7. The largest absolute Gasteiger partial charge is 0.333 e. The molecule has 128 valence electrons. The highest BCUT2D eigenvalue weighted by Crippen LogP contribution is 2.19. The fourth-order valence-corrected chi connectivity index (χ4v) is 2.93. The zero-order chi connectivity index (χ0) is 15.1. The number of nitrogens with zero attached hydrogens (tertiary/aromatic N) is 4. The molecular weight excluding hydrogens is 337 g/mol. The summed E-state index contributed by atoms with van der Waals surface area (Å²) < 4.78 is 1.74. The molecule has 1 amide bonds. The smallest absolute Gasteiger partial charge is 0.255 e. The van der Waals surface area contributed by atoms with Gasteiger partial charge in [-0.15, -0.1) is 24.8 Å². The molecule has 0 bridgehead atoms. The highest BCUT2D eigenvalue weighted by atomic mass is 35.5. The van der Waals surface area contributed by atoms with Crippen molar-refractivity contribution in [3.05, 3.63) is 23.5 Å². The zero-order valence-corrected chi connectivity index (χ0v) is 15.4. The molecule has 2 atom stereocenters. The molecule has 0 aliphatic carbocycles. The summed E-state index contributed by atoms with van der Waals surface area (Å²) >= 11 is 0. The van der Waals surface area contributed by atoms with Gasteiger partial charge in [-0.1, -0.05) is 0 Å². The minimum Gasteiger partial charge on any atom is -0.333 e. The third-order valence-electron chi connectivity index (χ3n) is 4.41. The van der Waals surface area contributed by atoms with Gasteiger partial charge in [0.2, 0.25) is 0 Å². The minimum absolute atomic E-state index is 0. The quantitative estimate of drug-likeness (QED) is 0.844. The molecule has 1 saturated heterocycles. The first-order valence-electron chi connectivity index (χ1n) is 7.32. The third kappa shape index (κ3) is 3.44. The Hall–Kier alpha value is -1.37. The Morgan fingerprint density at radius 1 is 1.35 bits per heavy atom. The van der Waals surface area contributed by atoms with E-state index in [2.05, 4.69) is 29.2 Å². The molecule has 2 unspecified atom stereocenters. The average Bonchev–Trinajstić information content (AvgIpc) is 2.76. The van der Waals surface area contributed by atoms with E-state index < -0.39 is 0 Å². The first kappa shape index (κ1) is 19.7. The number of carbonyl (C=O) groups excluding carboxylic acids is 1. The molecule has 0 radical (unpaired) electrons. The normalized spacial score (nSPS) is 20.8. The summed E-state index contributed by atoms with van der Waals surface area (Å²) in [7, 11) is 1.86. The van der Waals surface area contributed by atoms with E-state index in [1.54, 1.807) is 10.9 Å². The molecule has 3 heterocycles. The van der Waals surface area contributed by atoms with Gasteiger partial charge < -0.3 is 10.2 Å². The third-order valence-corrected chi connectivity index (χ3v) is 4.41. The van der Waals surface area contributed by atoms with E-state index in [1.165, 1.54) is 0 Å². The Bertz CT molecular complexity index is 702. The first-order valence-corrected chi connectivity index (χ1v) is 7.32. The molecule has 0 saturated carbocycles. The number of piperazine rings is 1. The molecule has 8 heteroatoms. The van der Waals surface area contributed by atoms with E-state index in [0.29, 0.717) is 11.6 Å². The number of hydrogen-bond donors (Lipinski definition) is 1. The summed E-state index contributed by atoms with van der Waals surface area (Å²) in [5.74, 6) is 0.0495. The van der Waals surface area contributed by atoms with Crippen molar-refractivity contribution in [3.8, 4) is 0 Å². The molecular formula is C15H23Cl2N5O. The van der Waals surface area contributed by atoms with Crippen LogP contribution in [-0.2, 0) is 7.05 Å². The second-order valence-corrected chi connectivity index (χ2v) is 5.79. The Morgan fingerprint density at radius 3 is 2.74 bits per heavy atom. The number of hydrogen-bond acceptors (Lipinski definition) is 4. The van der Waals surface area contributed by atoms with Gasteiger partial charge in [-0.2, -0.15) is 5.10 Å². The molecule has 1 aliphatic rings. The van der Waals surface area contributed by atoms with Crippen LogP contribution in [0.4, 0.5) is 0 Å². The topological polar surface area (TPSA) is 63.1 Å². The van der Waals surface area contributed by atoms with Gasteiger partial charge in [-0.25, -0.2) is 4.98 Å². The second kappa shape index (κ2) is 7.47. The lowest BCUT2D eigenvalue weighted by Gasteiger charge is -2.38. The summed E-state index contributed by atoms with van der Waals surface area (Å²) in [5, 5.41) is 8.68. The molecule has 2 aromatic heterocycles. The van der Waals surface area contributed by atoms with Crippen LogP contribution in [0.25, 0.3) is 11.0 Å². The molecule has 0 aromatic carbocycles. The summed E-state index contributed by atoms with van der Waals surface area (Å²) in [4.78, 5) is 19.1. The van der Waals surface area contributed by atoms with E-state index in [-0.39, 0.29) is 36.8 Å². The average molecular weight is 360 g/mol. The van der Waals surface area contributed by atoms with Crippen molar-refractivity contribution in [2.24, 2.45) is 7.05 Å². The van der Waals surface area contributed by atoms with Crippen LogP contribution in [0.1, 0.15) is 29.9 Å². The van der Waals surface area contributed by atoms with Crippen molar-refractivity contribution in [3.63, 3.8) is 0 Å².